The Morgan fingerprint density at radius 2 is 1.96 bits per heavy atom. The first-order chi connectivity index (χ1) is 11.1. The molecule has 0 aliphatic heterocycles. The van der Waals surface area contributed by atoms with Gasteiger partial charge in [-0.05, 0) is 35.7 Å². The highest BCUT2D eigenvalue weighted by atomic mass is 32.2. The number of aromatic nitrogens is 1. The van der Waals surface area contributed by atoms with Crippen LogP contribution in [-0.4, -0.2) is 13.4 Å². The molecule has 1 aromatic carbocycles. The van der Waals surface area contributed by atoms with Crippen molar-refractivity contribution in [2.45, 2.75) is 5.09 Å². The number of hydrogen-bond acceptors (Lipinski definition) is 6. The first kappa shape index (κ1) is 14.4. The number of thiophene rings is 1. The second kappa shape index (κ2) is 5.48. The normalized spacial score (nSPS) is 11.8. The smallest absolute Gasteiger partial charge is 0.295 e. The van der Waals surface area contributed by atoms with Crippen LogP contribution in [0.3, 0.4) is 0 Å². The topological polar surface area (TPSA) is 72.2 Å². The third kappa shape index (κ3) is 2.65. The first-order valence-electron chi connectivity index (χ1n) is 6.63. The third-order valence-electron chi connectivity index (χ3n) is 3.18. The van der Waals surface area contributed by atoms with E-state index in [2.05, 4.69) is 9.71 Å². The Bertz CT molecular complexity index is 1030. The molecular formula is C15H10N2O3S3. The quantitative estimate of drug-likeness (QED) is 0.583. The number of para-hydroxylation sites is 1. The molecule has 0 amide bonds. The van der Waals surface area contributed by atoms with Crippen molar-refractivity contribution < 1.29 is 12.8 Å². The van der Waals surface area contributed by atoms with Gasteiger partial charge >= 0.3 is 0 Å². The molecule has 0 unspecified atom stereocenters. The predicted molar refractivity (Wildman–Crippen MR) is 92.4 cm³/mol. The summed E-state index contributed by atoms with van der Waals surface area (Å²) >= 11 is 2.84. The van der Waals surface area contributed by atoms with Gasteiger partial charge in [-0.15, -0.1) is 22.7 Å². The van der Waals surface area contributed by atoms with Crippen LogP contribution in [0.15, 0.2) is 63.6 Å². The van der Waals surface area contributed by atoms with E-state index in [1.807, 2.05) is 35.7 Å². The molecule has 23 heavy (non-hydrogen) atoms. The van der Waals surface area contributed by atoms with Crippen LogP contribution in [0, 0.1) is 0 Å². The lowest BCUT2D eigenvalue weighted by atomic mass is 10.3. The zero-order valence-corrected chi connectivity index (χ0v) is 14.0. The summed E-state index contributed by atoms with van der Waals surface area (Å²) in [5.41, 5.74) is 1.67. The Labute approximate surface area is 140 Å². The molecule has 3 aromatic heterocycles. The Kier molecular flexibility index (Phi) is 3.44. The van der Waals surface area contributed by atoms with E-state index in [1.165, 1.54) is 41.1 Å². The number of hydrogen-bond donors (Lipinski definition) is 1. The summed E-state index contributed by atoms with van der Waals surface area (Å²) < 4.78 is 33.2. The minimum Gasteiger partial charge on any atom is -0.451 e. The van der Waals surface area contributed by atoms with Crippen molar-refractivity contribution in [2.75, 3.05) is 4.72 Å². The zero-order chi connectivity index (χ0) is 15.9. The maximum atomic E-state index is 12.3. The van der Waals surface area contributed by atoms with Crippen LogP contribution in [0.1, 0.15) is 0 Å². The number of rotatable bonds is 4. The highest BCUT2D eigenvalue weighted by Crippen LogP contribution is 2.38. The molecule has 0 fully saturated rings. The second-order valence-electron chi connectivity index (χ2n) is 4.69. The number of nitrogens with one attached hydrogen (secondary N) is 1. The Morgan fingerprint density at radius 1 is 1.09 bits per heavy atom. The molecule has 4 aromatic rings. The van der Waals surface area contributed by atoms with Crippen molar-refractivity contribution in [1.82, 2.24) is 4.98 Å². The SMILES string of the molecule is O=S(=O)(Nc1sccc1-c1nc2ccccc2s1)c1ccco1. The van der Waals surface area contributed by atoms with Crippen LogP contribution < -0.4 is 4.72 Å². The molecule has 1 N–H and O–H groups in total. The standard InChI is InChI=1S/C15H10N2O3S3/c18-23(19,13-6-3-8-20-13)17-15-10(7-9-21-15)14-16-11-4-1-2-5-12(11)22-14/h1-9,17H. The minimum atomic E-state index is -3.73. The molecule has 0 radical (unpaired) electrons. The maximum absolute atomic E-state index is 12.3. The summed E-state index contributed by atoms with van der Waals surface area (Å²) in [5.74, 6) is 0. The van der Waals surface area contributed by atoms with Gasteiger partial charge in [-0.3, -0.25) is 4.72 Å². The van der Waals surface area contributed by atoms with Gasteiger partial charge in [-0.25, -0.2) is 4.98 Å². The van der Waals surface area contributed by atoms with E-state index >= 15 is 0 Å². The molecule has 3 heterocycles. The van der Waals surface area contributed by atoms with Crippen molar-refractivity contribution in [3.05, 3.63) is 54.1 Å². The number of nitrogens with zero attached hydrogens (tertiary/aromatic N) is 1. The van der Waals surface area contributed by atoms with Gasteiger partial charge < -0.3 is 4.42 Å². The minimum absolute atomic E-state index is 0.110. The molecule has 116 valence electrons. The van der Waals surface area contributed by atoms with E-state index < -0.39 is 10.0 Å². The number of sulfonamides is 1. The fraction of sp³-hybridized carbons (Fsp3) is 0. The molecule has 0 aliphatic carbocycles. The number of fused-ring (bicyclic) bond motifs is 1. The summed E-state index contributed by atoms with van der Waals surface area (Å²) in [7, 11) is -3.73. The van der Waals surface area contributed by atoms with Crippen LogP contribution >= 0.6 is 22.7 Å². The lowest BCUT2D eigenvalue weighted by Crippen LogP contribution is -2.11. The number of furan rings is 1. The maximum Gasteiger partial charge on any atom is 0.295 e. The van der Waals surface area contributed by atoms with Gasteiger partial charge in [-0.1, -0.05) is 12.1 Å². The van der Waals surface area contributed by atoms with Crippen molar-refractivity contribution in [3.63, 3.8) is 0 Å². The number of thiazole rings is 1. The molecule has 8 heteroatoms. The molecular weight excluding hydrogens is 352 g/mol. The van der Waals surface area contributed by atoms with Crippen molar-refractivity contribution in [2.24, 2.45) is 0 Å². The zero-order valence-electron chi connectivity index (χ0n) is 11.6. The van der Waals surface area contributed by atoms with Crippen LogP contribution in [-0.2, 0) is 10.0 Å². The highest BCUT2D eigenvalue weighted by molar-refractivity contribution is 7.92. The van der Waals surface area contributed by atoms with Gasteiger partial charge in [0, 0.05) is 5.56 Å². The van der Waals surface area contributed by atoms with E-state index in [0.29, 0.717) is 5.00 Å². The number of benzene rings is 1. The molecule has 4 rings (SSSR count). The van der Waals surface area contributed by atoms with Crippen LogP contribution in [0.2, 0.25) is 0 Å². The fourth-order valence-electron chi connectivity index (χ4n) is 2.13. The molecule has 0 aliphatic rings. The molecule has 0 spiro atoms. The largest absolute Gasteiger partial charge is 0.451 e. The number of anilines is 1. The van der Waals surface area contributed by atoms with E-state index in [9.17, 15) is 8.42 Å². The molecule has 0 saturated heterocycles. The van der Waals surface area contributed by atoms with Gasteiger partial charge in [0.2, 0.25) is 5.09 Å². The van der Waals surface area contributed by atoms with E-state index in [0.717, 1.165) is 20.8 Å². The second-order valence-corrected chi connectivity index (χ2v) is 8.25. The summed E-state index contributed by atoms with van der Waals surface area (Å²) in [4.78, 5) is 4.58. The van der Waals surface area contributed by atoms with Gasteiger partial charge in [0.05, 0.1) is 16.5 Å². The molecule has 0 saturated carbocycles. The Morgan fingerprint density at radius 3 is 2.74 bits per heavy atom. The average molecular weight is 362 g/mol. The van der Waals surface area contributed by atoms with Gasteiger partial charge in [-0.2, -0.15) is 8.42 Å². The van der Waals surface area contributed by atoms with Crippen molar-refractivity contribution in [1.29, 1.82) is 0 Å². The lowest BCUT2D eigenvalue weighted by Gasteiger charge is -2.04. The molecule has 0 bridgehead atoms. The highest BCUT2D eigenvalue weighted by Gasteiger charge is 2.21. The van der Waals surface area contributed by atoms with Gasteiger partial charge in [0.1, 0.15) is 10.0 Å². The van der Waals surface area contributed by atoms with Crippen LogP contribution in [0.5, 0.6) is 0 Å². The third-order valence-corrected chi connectivity index (χ3v) is 6.44. The van der Waals surface area contributed by atoms with E-state index in [4.69, 9.17) is 4.42 Å². The summed E-state index contributed by atoms with van der Waals surface area (Å²) in [6.07, 6.45) is 1.33. The summed E-state index contributed by atoms with van der Waals surface area (Å²) in [6.45, 7) is 0. The Balaban J connectivity index is 1.74. The van der Waals surface area contributed by atoms with Crippen LogP contribution in [0.4, 0.5) is 5.00 Å². The van der Waals surface area contributed by atoms with Crippen molar-refractivity contribution in [3.8, 4) is 10.6 Å². The molecule has 0 atom stereocenters. The van der Waals surface area contributed by atoms with E-state index in [1.54, 1.807) is 0 Å². The van der Waals surface area contributed by atoms with Crippen LogP contribution in [0.25, 0.3) is 20.8 Å². The lowest BCUT2D eigenvalue weighted by molar-refractivity contribution is 0.452. The van der Waals surface area contributed by atoms with E-state index in [-0.39, 0.29) is 5.09 Å². The molecule has 5 nitrogen and oxygen atoms in total. The van der Waals surface area contributed by atoms with Gasteiger partial charge in [0.25, 0.3) is 10.0 Å². The monoisotopic (exact) mass is 362 g/mol. The summed E-state index contributed by atoms with van der Waals surface area (Å²) in [5, 5.41) is 3.03. The predicted octanol–water partition coefficient (Wildman–Crippen LogP) is 4.42. The fourth-order valence-corrected chi connectivity index (χ4v) is 5.24. The van der Waals surface area contributed by atoms with Crippen molar-refractivity contribution >= 4 is 47.9 Å². The van der Waals surface area contributed by atoms with Gasteiger partial charge in [0.15, 0.2) is 0 Å². The Hall–Kier alpha value is -2.16. The average Bonchev–Trinajstić information content (AvgIpc) is 3.26. The summed E-state index contributed by atoms with van der Waals surface area (Å²) in [6, 6.07) is 12.6. The first-order valence-corrected chi connectivity index (χ1v) is 9.81.